The number of Topliss-reactive ketones (excluding diaryl/α,β-unsaturated/α-hetero) is 1. The van der Waals surface area contributed by atoms with Gasteiger partial charge < -0.3 is 33.6 Å². The molecule has 8 nitrogen and oxygen atoms in total. The smallest absolute Gasteiger partial charge is 0.309 e. The Morgan fingerprint density at radius 1 is 0.717 bits per heavy atom. The average molecular weight is 651 g/mol. The Morgan fingerprint density at radius 2 is 1.28 bits per heavy atom. The van der Waals surface area contributed by atoms with E-state index in [1.807, 2.05) is 0 Å². The molecule has 0 aromatic heterocycles. The van der Waals surface area contributed by atoms with Gasteiger partial charge in [-0.2, -0.15) is 0 Å². The molecule has 1 N–H and O–H groups in total. The summed E-state index contributed by atoms with van der Waals surface area (Å²) in [4.78, 5) is 23.2. The zero-order valence-corrected chi connectivity index (χ0v) is 29.2. The van der Waals surface area contributed by atoms with E-state index in [4.69, 9.17) is 23.7 Å². The highest BCUT2D eigenvalue weighted by atomic mass is 16.7. The monoisotopic (exact) mass is 650 g/mol. The molecule has 0 amide bonds. The third kappa shape index (κ3) is 13.1. The summed E-state index contributed by atoms with van der Waals surface area (Å²) in [5.74, 6) is -0.347. The number of ketones is 1. The SMILES string of the molecule is CCCCCCCCCC[C@@H](O)[C@@H]1CC[C@@H]([C@@H]2CC[C@H]([C@H]3CC[C@H](CCCCCCC[C@H]4C[C@@H](CC(C)=O)C(=O)O4)O3)OCO2)O1. The lowest BCUT2D eigenvalue weighted by Crippen LogP contribution is -2.32. The highest BCUT2D eigenvalue weighted by Crippen LogP contribution is 2.34. The van der Waals surface area contributed by atoms with Crippen LogP contribution in [0.4, 0.5) is 0 Å². The van der Waals surface area contributed by atoms with Crippen molar-refractivity contribution in [2.75, 3.05) is 6.79 Å². The van der Waals surface area contributed by atoms with Crippen molar-refractivity contribution in [1.82, 2.24) is 0 Å². The van der Waals surface area contributed by atoms with E-state index in [1.165, 1.54) is 64.2 Å². The Balaban J connectivity index is 1.01. The molecule has 266 valence electrons. The number of hydrogen-bond acceptors (Lipinski definition) is 8. The van der Waals surface area contributed by atoms with Gasteiger partial charge in [-0.05, 0) is 77.6 Å². The van der Waals surface area contributed by atoms with Gasteiger partial charge in [-0.1, -0.05) is 84.0 Å². The van der Waals surface area contributed by atoms with Crippen molar-refractivity contribution in [2.45, 2.75) is 217 Å². The summed E-state index contributed by atoms with van der Waals surface area (Å²) in [5.41, 5.74) is 0. The minimum Gasteiger partial charge on any atom is -0.462 e. The van der Waals surface area contributed by atoms with Gasteiger partial charge in [0.2, 0.25) is 0 Å². The molecule has 0 unspecified atom stereocenters. The van der Waals surface area contributed by atoms with Crippen molar-refractivity contribution in [3.05, 3.63) is 0 Å². The lowest BCUT2D eigenvalue weighted by atomic mass is 9.96. The molecule has 0 bridgehead atoms. The van der Waals surface area contributed by atoms with Gasteiger partial charge in [0.25, 0.3) is 0 Å². The van der Waals surface area contributed by atoms with E-state index >= 15 is 0 Å². The molecule has 4 aliphatic rings. The van der Waals surface area contributed by atoms with E-state index in [0.717, 1.165) is 77.0 Å². The highest BCUT2D eigenvalue weighted by Gasteiger charge is 2.39. The van der Waals surface area contributed by atoms with Gasteiger partial charge in [0.05, 0.1) is 48.6 Å². The Morgan fingerprint density at radius 3 is 1.96 bits per heavy atom. The summed E-state index contributed by atoms with van der Waals surface area (Å²) < 4.78 is 30.6. The second kappa shape index (κ2) is 21.1. The van der Waals surface area contributed by atoms with Crippen LogP contribution < -0.4 is 0 Å². The molecule has 4 heterocycles. The number of cyclic esters (lactones) is 1. The number of aliphatic hydroxyl groups is 1. The molecule has 4 saturated heterocycles. The number of unbranched alkanes of at least 4 members (excludes halogenated alkanes) is 11. The summed E-state index contributed by atoms with van der Waals surface area (Å²) in [6.45, 7) is 4.09. The average Bonchev–Trinajstić information content (AvgIpc) is 3.75. The second-order valence-corrected chi connectivity index (χ2v) is 14.8. The number of esters is 1. The number of hydrogen-bond donors (Lipinski definition) is 1. The van der Waals surface area contributed by atoms with Gasteiger partial charge in [0.1, 0.15) is 18.7 Å². The fourth-order valence-corrected chi connectivity index (χ4v) is 8.12. The standard InChI is InChI=1S/C38H66O8/c1-3-4-5-6-7-8-12-15-18-32(40)33-21-24-37(46-33)35-23-22-34(42-27-43-35)36-20-19-30(44-36)16-13-10-9-11-14-17-31-26-29(25-28(2)39)38(41)45-31/h29-37,40H,3-27H2,1-2H3/t29-,30+,31+,32-,33+,34-,35+,36-,37+/m1/s1. The quantitative estimate of drug-likeness (QED) is 0.0926. The molecule has 8 heteroatoms. The van der Waals surface area contributed by atoms with Crippen LogP contribution in [0.15, 0.2) is 0 Å². The molecule has 0 aromatic rings. The van der Waals surface area contributed by atoms with Crippen LogP contribution in [-0.2, 0) is 33.3 Å². The van der Waals surface area contributed by atoms with E-state index in [1.54, 1.807) is 6.92 Å². The van der Waals surface area contributed by atoms with Crippen molar-refractivity contribution < 1.29 is 38.4 Å². The van der Waals surface area contributed by atoms with Gasteiger partial charge in [-0.3, -0.25) is 4.79 Å². The summed E-state index contributed by atoms with van der Waals surface area (Å²) in [7, 11) is 0. The van der Waals surface area contributed by atoms with Gasteiger partial charge in [0, 0.05) is 6.42 Å². The highest BCUT2D eigenvalue weighted by molar-refractivity contribution is 5.83. The maximum absolute atomic E-state index is 11.9. The predicted molar refractivity (Wildman–Crippen MR) is 178 cm³/mol. The minimum absolute atomic E-state index is 0.00238. The van der Waals surface area contributed by atoms with Gasteiger partial charge in [0.15, 0.2) is 0 Å². The third-order valence-corrected chi connectivity index (χ3v) is 10.9. The van der Waals surface area contributed by atoms with E-state index < -0.39 is 0 Å². The van der Waals surface area contributed by atoms with Gasteiger partial charge >= 0.3 is 5.97 Å². The second-order valence-electron chi connectivity index (χ2n) is 14.8. The summed E-state index contributed by atoms with van der Waals surface area (Å²) >= 11 is 0. The van der Waals surface area contributed by atoms with Crippen molar-refractivity contribution >= 4 is 11.8 Å². The van der Waals surface area contributed by atoms with Gasteiger partial charge in [-0.25, -0.2) is 0 Å². The molecule has 0 aliphatic carbocycles. The molecule has 0 saturated carbocycles. The molecular formula is C38H66O8. The predicted octanol–water partition coefficient (Wildman–Crippen LogP) is 8.14. The largest absolute Gasteiger partial charge is 0.462 e. The van der Waals surface area contributed by atoms with Crippen LogP contribution in [0.3, 0.4) is 0 Å². The molecule has 0 radical (unpaired) electrons. The Bertz CT molecular complexity index is 866. The summed E-state index contributed by atoms with van der Waals surface area (Å²) in [5, 5.41) is 10.8. The number of carbonyl (C=O) groups excluding carboxylic acids is 2. The van der Waals surface area contributed by atoms with Crippen LogP contribution in [0.1, 0.15) is 168 Å². The number of ether oxygens (including phenoxy) is 5. The fourth-order valence-electron chi connectivity index (χ4n) is 8.12. The Labute approximate surface area is 279 Å². The summed E-state index contributed by atoms with van der Waals surface area (Å²) in [6.07, 6.45) is 26.0. The first kappa shape index (κ1) is 37.8. The molecule has 4 fully saturated rings. The van der Waals surface area contributed by atoms with Crippen molar-refractivity contribution in [2.24, 2.45) is 5.92 Å². The molecule has 0 aromatic carbocycles. The zero-order chi connectivity index (χ0) is 32.6. The number of carbonyl (C=O) groups is 2. The molecule has 9 atom stereocenters. The van der Waals surface area contributed by atoms with Crippen molar-refractivity contribution in [3.8, 4) is 0 Å². The molecule has 4 aliphatic heterocycles. The van der Waals surface area contributed by atoms with Crippen LogP contribution in [0, 0.1) is 5.92 Å². The number of rotatable bonds is 22. The third-order valence-electron chi connectivity index (χ3n) is 10.9. The molecule has 0 spiro atoms. The Hall–Kier alpha value is -1.06. The molecule has 46 heavy (non-hydrogen) atoms. The zero-order valence-electron chi connectivity index (χ0n) is 29.2. The van der Waals surface area contributed by atoms with Crippen molar-refractivity contribution in [1.29, 1.82) is 0 Å². The normalized spacial score (nSPS) is 32.5. The van der Waals surface area contributed by atoms with E-state index in [2.05, 4.69) is 6.92 Å². The van der Waals surface area contributed by atoms with Crippen LogP contribution in [-0.4, -0.2) is 72.5 Å². The van der Waals surface area contributed by atoms with E-state index in [9.17, 15) is 14.7 Å². The molecule has 4 rings (SSSR count). The van der Waals surface area contributed by atoms with Crippen molar-refractivity contribution in [3.63, 3.8) is 0 Å². The van der Waals surface area contributed by atoms with Gasteiger partial charge in [-0.15, -0.1) is 0 Å². The van der Waals surface area contributed by atoms with Crippen LogP contribution in [0.2, 0.25) is 0 Å². The summed E-state index contributed by atoms with van der Waals surface area (Å²) in [6, 6.07) is 0. The maximum Gasteiger partial charge on any atom is 0.309 e. The molecular weight excluding hydrogens is 584 g/mol. The first-order valence-corrected chi connectivity index (χ1v) is 19.3. The van der Waals surface area contributed by atoms with Crippen LogP contribution in [0.25, 0.3) is 0 Å². The minimum atomic E-state index is -0.366. The number of aliphatic hydroxyl groups excluding tert-OH is 1. The first-order chi connectivity index (χ1) is 22.4. The first-order valence-electron chi connectivity index (χ1n) is 19.3. The fraction of sp³-hybridized carbons (Fsp3) is 0.947. The Kier molecular flexibility index (Phi) is 17.3. The maximum atomic E-state index is 11.9. The van der Waals surface area contributed by atoms with Crippen LogP contribution in [0.5, 0.6) is 0 Å². The van der Waals surface area contributed by atoms with E-state index in [-0.39, 0.29) is 60.4 Å². The van der Waals surface area contributed by atoms with E-state index in [0.29, 0.717) is 25.7 Å². The lowest BCUT2D eigenvalue weighted by Gasteiger charge is -2.24. The topological polar surface area (TPSA) is 101 Å². The van der Waals surface area contributed by atoms with Crippen LogP contribution >= 0.6 is 0 Å². The lowest BCUT2D eigenvalue weighted by molar-refractivity contribution is -0.154.